The van der Waals surface area contributed by atoms with Crippen LogP contribution in [0.4, 0.5) is 0 Å². The molecule has 0 rings (SSSR count). The molecule has 0 N–H and O–H groups in total. The van der Waals surface area contributed by atoms with E-state index in [-0.39, 0.29) is 31.1 Å². The molecule has 6 nitrogen and oxygen atoms in total. The van der Waals surface area contributed by atoms with E-state index in [9.17, 15) is 14.4 Å². The Kier molecular flexibility index (Phi) is 65.6. The number of esters is 3. The summed E-state index contributed by atoms with van der Waals surface area (Å²) in [5.74, 6) is -0.862. The lowest BCUT2D eigenvalue weighted by Gasteiger charge is -2.18. The first kappa shape index (κ1) is 76.4. The van der Waals surface area contributed by atoms with Crippen LogP contribution in [-0.2, 0) is 28.6 Å². The lowest BCUT2D eigenvalue weighted by atomic mass is 10.0. The summed E-state index contributed by atoms with van der Waals surface area (Å²) in [6.45, 7) is 6.63. The van der Waals surface area contributed by atoms with Crippen LogP contribution in [0.3, 0.4) is 0 Å². The molecule has 0 bridgehead atoms. The Balaban J connectivity index is 3.98. The highest BCUT2D eigenvalue weighted by Crippen LogP contribution is 2.18. The Morgan fingerprint density at radius 2 is 0.456 bits per heavy atom. The van der Waals surface area contributed by atoms with E-state index in [0.717, 1.165) is 77.0 Å². The molecule has 0 spiro atoms. The molecule has 0 amide bonds. The predicted molar refractivity (Wildman–Crippen MR) is 344 cm³/mol. The van der Waals surface area contributed by atoms with Crippen LogP contribution < -0.4 is 0 Å². The van der Waals surface area contributed by atoms with Gasteiger partial charge in [0, 0.05) is 19.3 Å². The number of hydrogen-bond donors (Lipinski definition) is 0. The number of allylic oxidation sites excluding steroid dienone is 8. The van der Waals surface area contributed by atoms with Gasteiger partial charge in [-0.3, -0.25) is 14.4 Å². The fourth-order valence-electron chi connectivity index (χ4n) is 10.5. The SMILES string of the molecule is CCCCCC/C=C\C/C=C\CCCCCCCCCC(=O)OC(COC(=O)CCCCCCCCCC)COC(=O)CCCCCCCCCCCCCCCCCCCCCCCCC/C=C\C/C=C\CCCCCCC. The van der Waals surface area contributed by atoms with Crippen molar-refractivity contribution in [3.63, 3.8) is 0 Å². The van der Waals surface area contributed by atoms with Gasteiger partial charge < -0.3 is 14.2 Å². The lowest BCUT2D eigenvalue weighted by molar-refractivity contribution is -0.167. The molecule has 0 fully saturated rings. The molecule has 0 heterocycles. The van der Waals surface area contributed by atoms with Gasteiger partial charge in [0.25, 0.3) is 0 Å². The zero-order valence-corrected chi connectivity index (χ0v) is 53.2. The molecule has 0 aromatic heterocycles. The molecule has 79 heavy (non-hydrogen) atoms. The summed E-state index contributed by atoms with van der Waals surface area (Å²) in [4.78, 5) is 38.2. The summed E-state index contributed by atoms with van der Waals surface area (Å²) in [7, 11) is 0. The van der Waals surface area contributed by atoms with Gasteiger partial charge in [-0.15, -0.1) is 0 Å². The molecule has 0 aromatic carbocycles. The van der Waals surface area contributed by atoms with Crippen LogP contribution in [0.2, 0.25) is 0 Å². The minimum Gasteiger partial charge on any atom is -0.462 e. The van der Waals surface area contributed by atoms with Gasteiger partial charge in [-0.2, -0.15) is 0 Å². The van der Waals surface area contributed by atoms with Crippen molar-refractivity contribution in [2.75, 3.05) is 13.2 Å². The third-order valence-corrected chi connectivity index (χ3v) is 15.8. The molecule has 0 aromatic rings. The second-order valence-electron chi connectivity index (χ2n) is 23.8. The number of hydrogen-bond acceptors (Lipinski definition) is 6. The average molecular weight is 1110 g/mol. The van der Waals surface area contributed by atoms with Crippen molar-refractivity contribution in [1.82, 2.24) is 0 Å². The first-order valence-corrected chi connectivity index (χ1v) is 35.1. The maximum atomic E-state index is 12.9. The largest absolute Gasteiger partial charge is 0.462 e. The third-order valence-electron chi connectivity index (χ3n) is 15.8. The van der Waals surface area contributed by atoms with Crippen molar-refractivity contribution in [2.24, 2.45) is 0 Å². The quantitative estimate of drug-likeness (QED) is 0.0261. The minimum absolute atomic E-state index is 0.0712. The molecule has 1 atom stereocenters. The van der Waals surface area contributed by atoms with Gasteiger partial charge in [-0.05, 0) is 83.5 Å². The van der Waals surface area contributed by atoms with Crippen molar-refractivity contribution >= 4 is 17.9 Å². The Bertz CT molecular complexity index is 1360. The molecule has 462 valence electrons. The average Bonchev–Trinajstić information content (AvgIpc) is 3.45. The molecule has 0 saturated heterocycles. The van der Waals surface area contributed by atoms with E-state index in [1.165, 1.54) is 263 Å². The van der Waals surface area contributed by atoms with Gasteiger partial charge in [0.2, 0.25) is 0 Å². The summed E-state index contributed by atoms with van der Waals surface area (Å²) in [6, 6.07) is 0. The van der Waals surface area contributed by atoms with Crippen LogP contribution in [0, 0.1) is 0 Å². The summed E-state index contributed by atoms with van der Waals surface area (Å²) in [5, 5.41) is 0. The zero-order valence-electron chi connectivity index (χ0n) is 53.2. The first-order valence-electron chi connectivity index (χ1n) is 35.1. The fraction of sp³-hybridized carbons (Fsp3) is 0.849. The Morgan fingerprint density at radius 3 is 0.709 bits per heavy atom. The first-order chi connectivity index (χ1) is 39.0. The van der Waals surface area contributed by atoms with Gasteiger partial charge >= 0.3 is 17.9 Å². The van der Waals surface area contributed by atoms with Crippen LogP contribution in [0.5, 0.6) is 0 Å². The van der Waals surface area contributed by atoms with E-state index < -0.39 is 6.10 Å². The van der Waals surface area contributed by atoms with Crippen molar-refractivity contribution in [2.45, 2.75) is 386 Å². The number of ether oxygens (including phenoxy) is 3. The van der Waals surface area contributed by atoms with Gasteiger partial charge in [-0.25, -0.2) is 0 Å². The molecule has 0 aliphatic carbocycles. The van der Waals surface area contributed by atoms with Crippen LogP contribution in [-0.4, -0.2) is 37.2 Å². The molecular formula is C73H134O6. The van der Waals surface area contributed by atoms with E-state index in [1.54, 1.807) is 0 Å². The predicted octanol–water partition coefficient (Wildman–Crippen LogP) is 24.1. The van der Waals surface area contributed by atoms with Gasteiger partial charge in [0.05, 0.1) is 0 Å². The molecule has 0 radical (unpaired) electrons. The number of carbonyl (C=O) groups is 3. The third kappa shape index (κ3) is 66.1. The highest BCUT2D eigenvalue weighted by atomic mass is 16.6. The second kappa shape index (κ2) is 67.9. The minimum atomic E-state index is -0.773. The topological polar surface area (TPSA) is 78.9 Å². The molecule has 0 aliphatic heterocycles. The van der Waals surface area contributed by atoms with Crippen molar-refractivity contribution in [3.8, 4) is 0 Å². The smallest absolute Gasteiger partial charge is 0.306 e. The van der Waals surface area contributed by atoms with Crippen LogP contribution in [0.15, 0.2) is 48.6 Å². The van der Waals surface area contributed by atoms with E-state index >= 15 is 0 Å². The molecule has 1 unspecified atom stereocenters. The Morgan fingerprint density at radius 1 is 0.253 bits per heavy atom. The highest BCUT2D eigenvalue weighted by Gasteiger charge is 2.19. The maximum Gasteiger partial charge on any atom is 0.306 e. The van der Waals surface area contributed by atoms with E-state index in [1.807, 2.05) is 0 Å². The standard InChI is InChI=1S/C73H134O6/c1-4-7-10-13-16-19-21-23-25-27-29-30-31-32-33-34-35-36-37-38-39-40-41-42-43-44-45-47-48-50-52-54-57-60-63-66-72(75)78-69-70(68-77-71(74)65-62-59-56-18-15-12-9-6-3)79-73(76)67-64-61-58-55-53-51-49-46-28-26-24-22-20-17-14-11-8-5-2/h20-23,26-29,70H,4-19,24-25,30-69H2,1-3H3/b22-20-,23-21-,28-26-,29-27-. The van der Waals surface area contributed by atoms with Gasteiger partial charge in [0.1, 0.15) is 13.2 Å². The summed E-state index contributed by atoms with van der Waals surface area (Å²) < 4.78 is 16.9. The van der Waals surface area contributed by atoms with Gasteiger partial charge in [-0.1, -0.05) is 326 Å². The number of unbranched alkanes of at least 4 members (excludes halogenated alkanes) is 46. The monoisotopic (exact) mass is 1110 g/mol. The molecule has 0 aliphatic rings. The second-order valence-corrected chi connectivity index (χ2v) is 23.8. The Labute approximate surface area is 492 Å². The van der Waals surface area contributed by atoms with Gasteiger partial charge in [0.15, 0.2) is 6.10 Å². The molecule has 6 heteroatoms. The van der Waals surface area contributed by atoms with E-state index in [2.05, 4.69) is 69.4 Å². The van der Waals surface area contributed by atoms with Crippen molar-refractivity contribution in [1.29, 1.82) is 0 Å². The normalized spacial score (nSPS) is 12.3. The van der Waals surface area contributed by atoms with Crippen LogP contribution in [0.25, 0.3) is 0 Å². The summed E-state index contributed by atoms with van der Waals surface area (Å²) in [6.07, 6.45) is 86.0. The van der Waals surface area contributed by atoms with Crippen molar-refractivity contribution < 1.29 is 28.6 Å². The fourth-order valence-corrected chi connectivity index (χ4v) is 10.5. The molecule has 0 saturated carbocycles. The lowest BCUT2D eigenvalue weighted by Crippen LogP contribution is -2.30. The highest BCUT2D eigenvalue weighted by molar-refractivity contribution is 5.71. The van der Waals surface area contributed by atoms with Crippen molar-refractivity contribution in [3.05, 3.63) is 48.6 Å². The van der Waals surface area contributed by atoms with E-state index in [4.69, 9.17) is 14.2 Å². The van der Waals surface area contributed by atoms with E-state index in [0.29, 0.717) is 19.3 Å². The van der Waals surface area contributed by atoms with Crippen LogP contribution >= 0.6 is 0 Å². The molecular weight excluding hydrogens is 973 g/mol. The summed E-state index contributed by atoms with van der Waals surface area (Å²) in [5.41, 5.74) is 0. The maximum absolute atomic E-state index is 12.9. The Hall–Kier alpha value is -2.63. The number of carbonyl (C=O) groups excluding carboxylic acids is 3. The van der Waals surface area contributed by atoms with Crippen LogP contribution in [0.1, 0.15) is 380 Å². The number of rotatable bonds is 65. The summed E-state index contributed by atoms with van der Waals surface area (Å²) >= 11 is 0. The zero-order chi connectivity index (χ0) is 57.1.